The fourth-order valence-corrected chi connectivity index (χ4v) is 2.86. The maximum absolute atomic E-state index is 6.11. The van der Waals surface area contributed by atoms with Crippen molar-refractivity contribution >= 4 is 34.6 Å². The smallest absolute Gasteiger partial charge is 0.170 e. The number of ether oxygens (including phenoxy) is 2. The van der Waals surface area contributed by atoms with Crippen LogP contribution in [-0.2, 0) is 6.42 Å². The summed E-state index contributed by atoms with van der Waals surface area (Å²) < 4.78 is 11.1. The van der Waals surface area contributed by atoms with Crippen LogP contribution in [0.15, 0.2) is 36.4 Å². The SMILES string of the molecule is Cc1c(Cl)cccc1NC(=S)NCCc1ccc2c(c1)OCCO2. The van der Waals surface area contributed by atoms with Crippen molar-refractivity contribution in [1.82, 2.24) is 5.32 Å². The van der Waals surface area contributed by atoms with Crippen LogP contribution in [0.1, 0.15) is 11.1 Å². The van der Waals surface area contributed by atoms with Gasteiger partial charge in [0.05, 0.1) is 0 Å². The van der Waals surface area contributed by atoms with Crippen LogP contribution >= 0.6 is 23.8 Å². The fraction of sp³-hybridized carbons (Fsp3) is 0.278. The lowest BCUT2D eigenvalue weighted by Crippen LogP contribution is -2.30. The number of anilines is 1. The first-order valence-corrected chi connectivity index (χ1v) is 8.60. The van der Waals surface area contributed by atoms with E-state index in [1.165, 1.54) is 5.56 Å². The topological polar surface area (TPSA) is 42.5 Å². The first-order valence-electron chi connectivity index (χ1n) is 7.82. The van der Waals surface area contributed by atoms with E-state index in [1.54, 1.807) is 0 Å². The normalized spacial score (nSPS) is 12.6. The highest BCUT2D eigenvalue weighted by molar-refractivity contribution is 7.80. The van der Waals surface area contributed by atoms with Gasteiger partial charge in [0.2, 0.25) is 0 Å². The molecule has 0 saturated carbocycles. The molecule has 0 unspecified atom stereocenters. The van der Waals surface area contributed by atoms with Crippen molar-refractivity contribution < 1.29 is 9.47 Å². The minimum Gasteiger partial charge on any atom is -0.486 e. The zero-order valence-electron chi connectivity index (χ0n) is 13.4. The van der Waals surface area contributed by atoms with E-state index in [4.69, 9.17) is 33.3 Å². The van der Waals surface area contributed by atoms with E-state index in [-0.39, 0.29) is 0 Å². The molecule has 24 heavy (non-hydrogen) atoms. The fourth-order valence-electron chi connectivity index (χ4n) is 2.47. The largest absolute Gasteiger partial charge is 0.486 e. The highest BCUT2D eigenvalue weighted by Crippen LogP contribution is 2.30. The molecular weight excluding hydrogens is 344 g/mol. The lowest BCUT2D eigenvalue weighted by Gasteiger charge is -2.19. The van der Waals surface area contributed by atoms with Gasteiger partial charge in [0.15, 0.2) is 16.6 Å². The zero-order chi connectivity index (χ0) is 16.9. The number of hydrogen-bond donors (Lipinski definition) is 2. The number of fused-ring (bicyclic) bond motifs is 1. The second-order valence-corrected chi connectivity index (χ2v) is 6.34. The summed E-state index contributed by atoms with van der Waals surface area (Å²) in [5.74, 6) is 1.63. The van der Waals surface area contributed by atoms with E-state index < -0.39 is 0 Å². The third-order valence-corrected chi connectivity index (χ3v) is 4.48. The van der Waals surface area contributed by atoms with Crippen LogP contribution in [0.2, 0.25) is 5.02 Å². The molecule has 0 fully saturated rings. The molecule has 1 aliphatic rings. The second kappa shape index (κ2) is 7.73. The first kappa shape index (κ1) is 16.9. The summed E-state index contributed by atoms with van der Waals surface area (Å²) in [7, 11) is 0. The van der Waals surface area contributed by atoms with Crippen LogP contribution in [0.3, 0.4) is 0 Å². The lowest BCUT2D eigenvalue weighted by atomic mass is 10.1. The van der Waals surface area contributed by atoms with Gasteiger partial charge in [0.1, 0.15) is 13.2 Å². The highest BCUT2D eigenvalue weighted by atomic mass is 35.5. The Morgan fingerprint density at radius 1 is 1.17 bits per heavy atom. The standard InChI is InChI=1S/C18H19ClN2O2S/c1-12-14(19)3-2-4-15(12)21-18(24)20-8-7-13-5-6-16-17(11-13)23-10-9-22-16/h2-6,11H,7-10H2,1H3,(H2,20,21,24). The average Bonchev–Trinajstić information content (AvgIpc) is 2.59. The van der Waals surface area contributed by atoms with Gasteiger partial charge in [-0.3, -0.25) is 0 Å². The third kappa shape index (κ3) is 4.10. The van der Waals surface area contributed by atoms with Crippen LogP contribution in [0.25, 0.3) is 0 Å². The Bertz CT molecular complexity index is 752. The van der Waals surface area contributed by atoms with Crippen molar-refractivity contribution in [3.63, 3.8) is 0 Å². The van der Waals surface area contributed by atoms with Gasteiger partial charge in [-0.05, 0) is 61.0 Å². The van der Waals surface area contributed by atoms with Crippen molar-refractivity contribution in [2.24, 2.45) is 0 Å². The van der Waals surface area contributed by atoms with E-state index in [9.17, 15) is 0 Å². The molecule has 1 aliphatic heterocycles. The molecule has 6 heteroatoms. The van der Waals surface area contributed by atoms with Gasteiger partial charge in [-0.1, -0.05) is 23.7 Å². The van der Waals surface area contributed by atoms with Gasteiger partial charge in [-0.25, -0.2) is 0 Å². The zero-order valence-corrected chi connectivity index (χ0v) is 15.0. The van der Waals surface area contributed by atoms with E-state index in [1.807, 2.05) is 43.3 Å². The van der Waals surface area contributed by atoms with Gasteiger partial charge < -0.3 is 20.1 Å². The third-order valence-electron chi connectivity index (χ3n) is 3.82. The van der Waals surface area contributed by atoms with Gasteiger partial charge in [-0.2, -0.15) is 0 Å². The molecule has 0 saturated heterocycles. The Kier molecular flexibility index (Phi) is 5.43. The van der Waals surface area contributed by atoms with Crippen LogP contribution in [-0.4, -0.2) is 24.9 Å². The van der Waals surface area contributed by atoms with Gasteiger partial charge in [0, 0.05) is 17.3 Å². The summed E-state index contributed by atoms with van der Waals surface area (Å²) >= 11 is 11.5. The highest BCUT2D eigenvalue weighted by Gasteiger charge is 2.11. The molecular formula is C18H19ClN2O2S. The maximum Gasteiger partial charge on any atom is 0.170 e. The second-order valence-electron chi connectivity index (χ2n) is 5.52. The van der Waals surface area contributed by atoms with Crippen molar-refractivity contribution in [3.05, 3.63) is 52.5 Å². The monoisotopic (exact) mass is 362 g/mol. The quantitative estimate of drug-likeness (QED) is 0.806. The Hall–Kier alpha value is -1.98. The van der Waals surface area contributed by atoms with Gasteiger partial charge >= 0.3 is 0 Å². The summed E-state index contributed by atoms with van der Waals surface area (Å²) in [4.78, 5) is 0. The van der Waals surface area contributed by atoms with E-state index in [0.29, 0.717) is 18.3 Å². The molecule has 4 nitrogen and oxygen atoms in total. The lowest BCUT2D eigenvalue weighted by molar-refractivity contribution is 0.171. The molecule has 126 valence electrons. The average molecular weight is 363 g/mol. The van der Waals surface area contributed by atoms with Crippen molar-refractivity contribution in [1.29, 1.82) is 0 Å². The Morgan fingerprint density at radius 3 is 2.79 bits per heavy atom. The maximum atomic E-state index is 6.11. The van der Waals surface area contributed by atoms with Crippen molar-refractivity contribution in [2.75, 3.05) is 25.1 Å². The molecule has 2 aromatic carbocycles. The van der Waals surface area contributed by atoms with E-state index in [0.717, 1.165) is 40.7 Å². The summed E-state index contributed by atoms with van der Waals surface area (Å²) in [6.45, 7) is 3.89. The van der Waals surface area contributed by atoms with E-state index in [2.05, 4.69) is 10.6 Å². The predicted molar refractivity (Wildman–Crippen MR) is 102 cm³/mol. The number of nitrogens with one attached hydrogen (secondary N) is 2. The Balaban J connectivity index is 1.51. The molecule has 0 bridgehead atoms. The van der Waals surface area contributed by atoms with Gasteiger partial charge in [-0.15, -0.1) is 0 Å². The van der Waals surface area contributed by atoms with Crippen molar-refractivity contribution in [2.45, 2.75) is 13.3 Å². The molecule has 2 aromatic rings. The molecule has 0 spiro atoms. The number of hydrogen-bond acceptors (Lipinski definition) is 3. The molecule has 0 atom stereocenters. The minimum atomic E-state index is 0.581. The Morgan fingerprint density at radius 2 is 1.96 bits per heavy atom. The minimum absolute atomic E-state index is 0.581. The molecule has 0 aromatic heterocycles. The molecule has 3 rings (SSSR count). The summed E-state index contributed by atoms with van der Waals surface area (Å²) in [5, 5.41) is 7.69. The molecule has 1 heterocycles. The summed E-state index contributed by atoms with van der Waals surface area (Å²) in [5.41, 5.74) is 3.07. The first-order chi connectivity index (χ1) is 11.6. The van der Waals surface area contributed by atoms with Crippen LogP contribution in [0.4, 0.5) is 5.69 Å². The summed E-state index contributed by atoms with van der Waals surface area (Å²) in [6.07, 6.45) is 0.840. The summed E-state index contributed by atoms with van der Waals surface area (Å²) in [6, 6.07) is 11.7. The molecule has 0 aliphatic carbocycles. The van der Waals surface area contributed by atoms with E-state index >= 15 is 0 Å². The number of thiocarbonyl (C=S) groups is 1. The Labute approximate surface area is 152 Å². The van der Waals surface area contributed by atoms with Crippen molar-refractivity contribution in [3.8, 4) is 11.5 Å². The number of rotatable bonds is 4. The number of benzene rings is 2. The van der Waals surface area contributed by atoms with Gasteiger partial charge in [0.25, 0.3) is 0 Å². The molecule has 0 radical (unpaired) electrons. The predicted octanol–water partition coefficient (Wildman–Crippen LogP) is 3.95. The molecule has 2 N–H and O–H groups in total. The van der Waals surface area contributed by atoms with Crippen LogP contribution in [0, 0.1) is 6.92 Å². The molecule has 0 amide bonds. The number of halogens is 1. The van der Waals surface area contributed by atoms with Crippen LogP contribution < -0.4 is 20.1 Å². The van der Waals surface area contributed by atoms with Crippen LogP contribution in [0.5, 0.6) is 11.5 Å².